The standard InChI is InChI=1S/C49H32/c1-3-15-38(16-4-1)49(39-17-5-2-6-18-39)47-22-12-11-21-45(47)46-28-26-37-32-36(25-27-42(37)48(46)49)41-30-29-40(43-19-9-10-20-44(41)43)35-24-23-33-13-7-8-14-34(33)31-35/h1-32H. The lowest BCUT2D eigenvalue weighted by Crippen LogP contribution is -2.28. The Labute approximate surface area is 286 Å². The first-order chi connectivity index (χ1) is 24.3. The lowest BCUT2D eigenvalue weighted by atomic mass is 9.66. The number of hydrogen-bond acceptors (Lipinski definition) is 0. The molecular weight excluding hydrogens is 589 g/mol. The molecule has 0 atom stereocenters. The Morgan fingerprint density at radius 2 is 0.796 bits per heavy atom. The zero-order chi connectivity index (χ0) is 32.4. The highest BCUT2D eigenvalue weighted by Gasteiger charge is 2.46. The second-order valence-corrected chi connectivity index (χ2v) is 13.2. The maximum absolute atomic E-state index is 2.40. The quantitative estimate of drug-likeness (QED) is 0.184. The molecule has 9 aromatic carbocycles. The van der Waals surface area contributed by atoms with Crippen molar-refractivity contribution < 1.29 is 0 Å². The molecule has 0 fully saturated rings. The van der Waals surface area contributed by atoms with Gasteiger partial charge in [-0.15, -0.1) is 0 Å². The summed E-state index contributed by atoms with van der Waals surface area (Å²) in [6.45, 7) is 0. The molecule has 0 saturated heterocycles. The second-order valence-electron chi connectivity index (χ2n) is 13.2. The minimum Gasteiger partial charge on any atom is -0.0622 e. The van der Waals surface area contributed by atoms with Gasteiger partial charge in [-0.25, -0.2) is 0 Å². The summed E-state index contributed by atoms with van der Waals surface area (Å²) < 4.78 is 0. The van der Waals surface area contributed by atoms with E-state index in [0.29, 0.717) is 0 Å². The fourth-order valence-electron chi connectivity index (χ4n) is 8.61. The van der Waals surface area contributed by atoms with Crippen molar-refractivity contribution >= 4 is 32.3 Å². The molecule has 0 spiro atoms. The van der Waals surface area contributed by atoms with Crippen molar-refractivity contribution in [1.29, 1.82) is 0 Å². The van der Waals surface area contributed by atoms with E-state index in [1.165, 1.54) is 88.0 Å². The molecule has 0 amide bonds. The van der Waals surface area contributed by atoms with Gasteiger partial charge in [0.05, 0.1) is 5.41 Å². The van der Waals surface area contributed by atoms with Gasteiger partial charge in [-0.3, -0.25) is 0 Å². The largest absolute Gasteiger partial charge is 0.0719 e. The van der Waals surface area contributed by atoms with Crippen LogP contribution >= 0.6 is 0 Å². The normalized spacial score (nSPS) is 13.1. The van der Waals surface area contributed by atoms with E-state index in [2.05, 4.69) is 194 Å². The molecule has 0 N–H and O–H groups in total. The van der Waals surface area contributed by atoms with Crippen LogP contribution in [0.1, 0.15) is 22.3 Å². The molecule has 0 saturated carbocycles. The van der Waals surface area contributed by atoms with Gasteiger partial charge in [-0.2, -0.15) is 0 Å². The van der Waals surface area contributed by atoms with Crippen molar-refractivity contribution in [3.63, 3.8) is 0 Å². The van der Waals surface area contributed by atoms with Crippen LogP contribution in [0.3, 0.4) is 0 Å². The molecule has 0 aromatic heterocycles. The second kappa shape index (κ2) is 10.9. The van der Waals surface area contributed by atoms with Crippen molar-refractivity contribution in [1.82, 2.24) is 0 Å². The van der Waals surface area contributed by atoms with E-state index >= 15 is 0 Å². The molecule has 0 heteroatoms. The number of benzene rings is 9. The molecule has 228 valence electrons. The van der Waals surface area contributed by atoms with E-state index in [1.807, 2.05) is 0 Å². The van der Waals surface area contributed by atoms with Gasteiger partial charge in [-0.1, -0.05) is 182 Å². The van der Waals surface area contributed by atoms with Crippen molar-refractivity contribution in [3.05, 3.63) is 216 Å². The van der Waals surface area contributed by atoms with Gasteiger partial charge < -0.3 is 0 Å². The van der Waals surface area contributed by atoms with E-state index in [0.717, 1.165) is 0 Å². The highest BCUT2D eigenvalue weighted by Crippen LogP contribution is 2.58. The van der Waals surface area contributed by atoms with E-state index in [4.69, 9.17) is 0 Å². The van der Waals surface area contributed by atoms with E-state index in [-0.39, 0.29) is 0 Å². The fourth-order valence-corrected chi connectivity index (χ4v) is 8.61. The molecule has 0 nitrogen and oxygen atoms in total. The molecule has 0 aliphatic heterocycles. The summed E-state index contributed by atoms with van der Waals surface area (Å²) >= 11 is 0. The van der Waals surface area contributed by atoms with Gasteiger partial charge in [0.15, 0.2) is 0 Å². The SMILES string of the molecule is c1ccc(C2(c3ccccc3)c3ccccc3-c3ccc4cc(-c5ccc(-c6ccc7ccccc7c6)c6ccccc56)ccc4c32)cc1. The molecule has 1 aliphatic carbocycles. The Balaban J connectivity index is 1.19. The first-order valence-electron chi connectivity index (χ1n) is 17.1. The van der Waals surface area contributed by atoms with Gasteiger partial charge in [0.25, 0.3) is 0 Å². The third-order valence-corrected chi connectivity index (χ3v) is 10.7. The Kier molecular flexibility index (Phi) is 6.19. The van der Waals surface area contributed by atoms with Crippen molar-refractivity contribution in [2.75, 3.05) is 0 Å². The van der Waals surface area contributed by atoms with Crippen LogP contribution in [0.15, 0.2) is 194 Å². The molecule has 0 bridgehead atoms. The fraction of sp³-hybridized carbons (Fsp3) is 0.0204. The average molecular weight is 621 g/mol. The number of hydrogen-bond donors (Lipinski definition) is 0. The minimum absolute atomic E-state index is 0.427. The lowest BCUT2D eigenvalue weighted by molar-refractivity contribution is 0.775. The number of rotatable bonds is 4. The smallest absolute Gasteiger partial charge is 0.0622 e. The van der Waals surface area contributed by atoms with E-state index in [1.54, 1.807) is 0 Å². The summed E-state index contributed by atoms with van der Waals surface area (Å²) in [6.07, 6.45) is 0. The van der Waals surface area contributed by atoms with Crippen LogP contribution in [-0.4, -0.2) is 0 Å². The first kappa shape index (κ1) is 27.8. The lowest BCUT2D eigenvalue weighted by Gasteiger charge is -2.34. The van der Waals surface area contributed by atoms with Crippen LogP contribution in [0, 0.1) is 0 Å². The Bertz CT molecular complexity index is 2660. The molecule has 0 radical (unpaired) electrons. The van der Waals surface area contributed by atoms with Crippen LogP contribution in [0.5, 0.6) is 0 Å². The molecule has 0 heterocycles. The predicted molar refractivity (Wildman–Crippen MR) is 207 cm³/mol. The molecule has 10 rings (SSSR count). The van der Waals surface area contributed by atoms with Crippen LogP contribution in [0.2, 0.25) is 0 Å². The number of fused-ring (bicyclic) bond motifs is 7. The maximum atomic E-state index is 2.40. The zero-order valence-corrected chi connectivity index (χ0v) is 27.0. The van der Waals surface area contributed by atoms with Gasteiger partial charge >= 0.3 is 0 Å². The van der Waals surface area contributed by atoms with Crippen LogP contribution in [0.25, 0.3) is 65.7 Å². The van der Waals surface area contributed by atoms with Crippen molar-refractivity contribution in [3.8, 4) is 33.4 Å². The summed E-state index contributed by atoms with van der Waals surface area (Å²) in [5.41, 5.74) is 12.5. The molecule has 0 unspecified atom stereocenters. The third-order valence-electron chi connectivity index (χ3n) is 10.7. The van der Waals surface area contributed by atoms with Gasteiger partial charge in [0.1, 0.15) is 0 Å². The Hall–Kier alpha value is -6.24. The van der Waals surface area contributed by atoms with Crippen LogP contribution in [0.4, 0.5) is 0 Å². The first-order valence-corrected chi connectivity index (χ1v) is 17.1. The summed E-state index contributed by atoms with van der Waals surface area (Å²) in [5.74, 6) is 0. The summed E-state index contributed by atoms with van der Waals surface area (Å²) in [6, 6.07) is 71.8. The summed E-state index contributed by atoms with van der Waals surface area (Å²) in [4.78, 5) is 0. The monoisotopic (exact) mass is 620 g/mol. The molecule has 49 heavy (non-hydrogen) atoms. The third kappa shape index (κ3) is 4.11. The van der Waals surface area contributed by atoms with Gasteiger partial charge in [-0.05, 0) is 100 Å². The highest BCUT2D eigenvalue weighted by molar-refractivity contribution is 6.08. The highest BCUT2D eigenvalue weighted by atomic mass is 14.5. The Morgan fingerprint density at radius 1 is 0.286 bits per heavy atom. The van der Waals surface area contributed by atoms with Crippen molar-refractivity contribution in [2.24, 2.45) is 0 Å². The average Bonchev–Trinajstić information content (AvgIpc) is 3.49. The maximum Gasteiger partial charge on any atom is 0.0719 e. The van der Waals surface area contributed by atoms with Crippen molar-refractivity contribution in [2.45, 2.75) is 5.41 Å². The molecular formula is C49H32. The van der Waals surface area contributed by atoms with Gasteiger partial charge in [0.2, 0.25) is 0 Å². The summed E-state index contributed by atoms with van der Waals surface area (Å²) in [5, 5.41) is 7.61. The summed E-state index contributed by atoms with van der Waals surface area (Å²) in [7, 11) is 0. The van der Waals surface area contributed by atoms with Gasteiger partial charge in [0, 0.05) is 0 Å². The zero-order valence-electron chi connectivity index (χ0n) is 27.0. The minimum atomic E-state index is -0.427. The molecule has 9 aromatic rings. The van der Waals surface area contributed by atoms with Crippen LogP contribution < -0.4 is 0 Å². The predicted octanol–water partition coefficient (Wildman–Crippen LogP) is 12.8. The Morgan fingerprint density at radius 3 is 1.49 bits per heavy atom. The molecule has 1 aliphatic rings. The van der Waals surface area contributed by atoms with Crippen LogP contribution in [-0.2, 0) is 5.41 Å². The van der Waals surface area contributed by atoms with E-state index in [9.17, 15) is 0 Å². The topological polar surface area (TPSA) is 0 Å². The van der Waals surface area contributed by atoms with E-state index < -0.39 is 5.41 Å².